The van der Waals surface area contributed by atoms with Gasteiger partial charge in [-0.25, -0.2) is 0 Å². The average Bonchev–Trinajstić information content (AvgIpc) is 3.16. The molecule has 1 N–H and O–H groups in total. The van der Waals surface area contributed by atoms with Gasteiger partial charge in [0.15, 0.2) is 0 Å². The topological polar surface area (TPSA) is 38.3 Å². The molecule has 134 valence electrons. The molecule has 0 radical (unpaired) electrons. The van der Waals surface area contributed by atoms with Gasteiger partial charge >= 0.3 is 0 Å². The lowest BCUT2D eigenvalue weighted by molar-refractivity contribution is 0.103. The van der Waals surface area contributed by atoms with Crippen LogP contribution in [0.4, 0.5) is 5.69 Å². The minimum absolute atomic E-state index is 0.0746. The fourth-order valence-electron chi connectivity index (χ4n) is 2.69. The Balaban J connectivity index is 1.60. The van der Waals surface area contributed by atoms with Crippen molar-refractivity contribution in [3.05, 3.63) is 81.5 Å². The van der Waals surface area contributed by atoms with E-state index in [0.717, 1.165) is 35.4 Å². The zero-order chi connectivity index (χ0) is 18.4. The number of anilines is 1. The minimum Gasteiger partial charge on any atom is -0.489 e. The van der Waals surface area contributed by atoms with Gasteiger partial charge in [-0.1, -0.05) is 44.2 Å². The molecule has 0 aliphatic rings. The predicted octanol–water partition coefficient (Wildman–Crippen LogP) is 5.70. The molecule has 3 rings (SSSR count). The molecule has 3 nitrogen and oxygen atoms in total. The molecule has 1 heterocycles. The average molecular weight is 365 g/mol. The zero-order valence-electron chi connectivity index (χ0n) is 15.1. The molecule has 0 saturated heterocycles. The summed E-state index contributed by atoms with van der Waals surface area (Å²) in [5.41, 5.74) is 4.31. The molecule has 2 aromatic carbocycles. The van der Waals surface area contributed by atoms with Crippen LogP contribution in [-0.4, -0.2) is 5.91 Å². The molecular formula is C22H23NO2S. The van der Waals surface area contributed by atoms with E-state index in [1.165, 1.54) is 16.9 Å². The van der Waals surface area contributed by atoms with Gasteiger partial charge in [-0.2, -0.15) is 0 Å². The maximum Gasteiger partial charge on any atom is 0.265 e. The maximum absolute atomic E-state index is 12.5. The molecular weight excluding hydrogens is 342 g/mol. The number of para-hydroxylation sites is 1. The van der Waals surface area contributed by atoms with Crippen LogP contribution in [0.1, 0.15) is 40.2 Å². The number of thiophene rings is 1. The minimum atomic E-state index is -0.0746. The quantitative estimate of drug-likeness (QED) is 0.583. The van der Waals surface area contributed by atoms with Gasteiger partial charge in [0.1, 0.15) is 12.4 Å². The summed E-state index contributed by atoms with van der Waals surface area (Å²) >= 11 is 1.44. The first-order chi connectivity index (χ1) is 12.7. The van der Waals surface area contributed by atoms with E-state index in [2.05, 4.69) is 31.3 Å². The summed E-state index contributed by atoms with van der Waals surface area (Å²) in [6.07, 6.45) is 1.90. The number of aryl methyl sites for hydroxylation is 2. The summed E-state index contributed by atoms with van der Waals surface area (Å²) in [7, 11) is 0. The number of rotatable bonds is 7. The smallest absolute Gasteiger partial charge is 0.265 e. The van der Waals surface area contributed by atoms with Crippen LogP contribution in [0.3, 0.4) is 0 Å². The number of carbonyl (C=O) groups is 1. The number of benzene rings is 2. The predicted molar refractivity (Wildman–Crippen MR) is 108 cm³/mol. The normalized spacial score (nSPS) is 10.5. The molecule has 3 aromatic rings. The third kappa shape index (κ3) is 4.52. The van der Waals surface area contributed by atoms with Gasteiger partial charge in [0.2, 0.25) is 0 Å². The number of hydrogen-bond acceptors (Lipinski definition) is 3. The zero-order valence-corrected chi connectivity index (χ0v) is 15.9. The van der Waals surface area contributed by atoms with Crippen LogP contribution >= 0.6 is 11.3 Å². The standard InChI is InChI=1S/C22H23NO2S/c1-3-16-9-11-19(12-10-16)25-14-17-13-21(26-15-17)22(24)23-20-8-6-5-7-18(20)4-2/h5-13,15H,3-4,14H2,1-2H3,(H,23,24). The fraction of sp³-hybridized carbons (Fsp3) is 0.227. The van der Waals surface area contributed by atoms with Crippen molar-refractivity contribution < 1.29 is 9.53 Å². The lowest BCUT2D eigenvalue weighted by Crippen LogP contribution is -2.11. The second-order valence-corrected chi connectivity index (χ2v) is 6.98. The van der Waals surface area contributed by atoms with Crippen molar-refractivity contribution in [1.29, 1.82) is 0 Å². The summed E-state index contributed by atoms with van der Waals surface area (Å²) in [6.45, 7) is 4.67. The van der Waals surface area contributed by atoms with Crippen LogP contribution in [0.5, 0.6) is 5.75 Å². The molecule has 0 saturated carbocycles. The van der Waals surface area contributed by atoms with E-state index < -0.39 is 0 Å². The van der Waals surface area contributed by atoms with E-state index in [9.17, 15) is 4.79 Å². The lowest BCUT2D eigenvalue weighted by Gasteiger charge is -2.08. The maximum atomic E-state index is 12.5. The Morgan fingerprint density at radius 1 is 1.00 bits per heavy atom. The molecule has 0 aliphatic heterocycles. The summed E-state index contributed by atoms with van der Waals surface area (Å²) < 4.78 is 5.81. The highest BCUT2D eigenvalue weighted by atomic mass is 32.1. The monoisotopic (exact) mass is 365 g/mol. The first-order valence-corrected chi connectivity index (χ1v) is 9.76. The van der Waals surface area contributed by atoms with E-state index in [4.69, 9.17) is 4.74 Å². The van der Waals surface area contributed by atoms with Gasteiger partial charge in [-0.05, 0) is 53.6 Å². The molecule has 4 heteroatoms. The Morgan fingerprint density at radius 2 is 1.77 bits per heavy atom. The number of ether oxygens (including phenoxy) is 1. The molecule has 0 bridgehead atoms. The molecule has 0 fully saturated rings. The number of amides is 1. The van der Waals surface area contributed by atoms with Crippen LogP contribution in [0.2, 0.25) is 0 Å². The summed E-state index contributed by atoms with van der Waals surface area (Å²) in [6, 6.07) is 17.9. The van der Waals surface area contributed by atoms with Crippen LogP contribution in [-0.2, 0) is 19.4 Å². The molecule has 26 heavy (non-hydrogen) atoms. The van der Waals surface area contributed by atoms with E-state index in [-0.39, 0.29) is 5.91 Å². The Bertz CT molecular complexity index is 868. The van der Waals surface area contributed by atoms with Gasteiger partial charge in [-0.15, -0.1) is 11.3 Å². The lowest BCUT2D eigenvalue weighted by atomic mass is 10.1. The van der Waals surface area contributed by atoms with Gasteiger partial charge in [0, 0.05) is 11.3 Å². The Morgan fingerprint density at radius 3 is 2.50 bits per heavy atom. The van der Waals surface area contributed by atoms with Gasteiger partial charge < -0.3 is 10.1 Å². The Labute approximate surface area is 158 Å². The Hall–Kier alpha value is -2.59. The van der Waals surface area contributed by atoms with Crippen molar-refractivity contribution in [2.45, 2.75) is 33.3 Å². The number of carbonyl (C=O) groups excluding carboxylic acids is 1. The van der Waals surface area contributed by atoms with Crippen molar-refractivity contribution in [1.82, 2.24) is 0 Å². The van der Waals surface area contributed by atoms with Gasteiger partial charge in [-0.3, -0.25) is 4.79 Å². The fourth-order valence-corrected chi connectivity index (χ4v) is 3.48. The van der Waals surface area contributed by atoms with Crippen molar-refractivity contribution in [2.75, 3.05) is 5.32 Å². The van der Waals surface area contributed by atoms with E-state index in [0.29, 0.717) is 11.5 Å². The largest absolute Gasteiger partial charge is 0.489 e. The molecule has 0 atom stereocenters. The van der Waals surface area contributed by atoms with Crippen LogP contribution in [0, 0.1) is 0 Å². The van der Waals surface area contributed by atoms with Crippen LogP contribution < -0.4 is 10.1 Å². The third-order valence-electron chi connectivity index (χ3n) is 4.26. The van der Waals surface area contributed by atoms with Crippen LogP contribution in [0.15, 0.2) is 60.0 Å². The highest BCUT2D eigenvalue weighted by Crippen LogP contribution is 2.21. The first kappa shape index (κ1) is 18.2. The third-order valence-corrected chi connectivity index (χ3v) is 5.24. The molecule has 0 unspecified atom stereocenters. The van der Waals surface area contributed by atoms with Crippen molar-refractivity contribution in [3.63, 3.8) is 0 Å². The van der Waals surface area contributed by atoms with Gasteiger partial charge in [0.25, 0.3) is 5.91 Å². The van der Waals surface area contributed by atoms with E-state index >= 15 is 0 Å². The van der Waals surface area contributed by atoms with E-state index in [1.54, 1.807) is 0 Å². The summed E-state index contributed by atoms with van der Waals surface area (Å²) in [4.78, 5) is 13.2. The summed E-state index contributed by atoms with van der Waals surface area (Å²) in [5.74, 6) is 0.769. The highest BCUT2D eigenvalue weighted by molar-refractivity contribution is 7.12. The molecule has 0 aliphatic carbocycles. The van der Waals surface area contributed by atoms with Crippen molar-refractivity contribution in [3.8, 4) is 5.75 Å². The Kier molecular flexibility index (Phi) is 6.08. The number of nitrogens with one attached hydrogen (secondary N) is 1. The van der Waals surface area contributed by atoms with Gasteiger partial charge in [0.05, 0.1) is 4.88 Å². The molecule has 0 spiro atoms. The number of hydrogen-bond donors (Lipinski definition) is 1. The highest BCUT2D eigenvalue weighted by Gasteiger charge is 2.11. The molecule has 1 amide bonds. The van der Waals surface area contributed by atoms with Crippen LogP contribution in [0.25, 0.3) is 0 Å². The first-order valence-electron chi connectivity index (χ1n) is 8.88. The molecule has 1 aromatic heterocycles. The summed E-state index contributed by atoms with van der Waals surface area (Å²) in [5, 5.41) is 4.98. The van der Waals surface area contributed by atoms with E-state index in [1.807, 2.05) is 47.8 Å². The second kappa shape index (κ2) is 8.68. The second-order valence-electron chi connectivity index (χ2n) is 6.07. The van der Waals surface area contributed by atoms with Crippen molar-refractivity contribution in [2.24, 2.45) is 0 Å². The SMILES string of the molecule is CCc1ccc(OCc2csc(C(=O)Nc3ccccc3CC)c2)cc1. The van der Waals surface area contributed by atoms with Crippen molar-refractivity contribution >= 4 is 22.9 Å².